The van der Waals surface area contributed by atoms with E-state index >= 15 is 0 Å². The molecule has 4 heteroatoms. The number of rotatable bonds is 1. The third-order valence-electron chi connectivity index (χ3n) is 1.21. The lowest BCUT2D eigenvalue weighted by atomic mass is 10.1. The fourth-order valence-electron chi connectivity index (χ4n) is 0.523. The molecular formula is C8H4N4. The Morgan fingerprint density at radius 1 is 1.08 bits per heavy atom. The highest BCUT2D eigenvalue weighted by molar-refractivity contribution is 5.70. The Kier molecular flexibility index (Phi) is 3.60. The molecule has 0 rings (SSSR count). The Morgan fingerprint density at radius 3 is 1.83 bits per heavy atom. The third kappa shape index (κ3) is 1.82. The number of nitrogens with one attached hydrogen (secondary N) is 1. The Hall–Kier alpha value is -2.34. The van der Waals surface area contributed by atoms with Gasteiger partial charge in [0.25, 0.3) is 0 Å². The smallest absolute Gasteiger partial charge is 0.134 e. The molecular weight excluding hydrogens is 152 g/mol. The van der Waals surface area contributed by atoms with Gasteiger partial charge in [-0.1, -0.05) is 0 Å². The summed E-state index contributed by atoms with van der Waals surface area (Å²) in [5.41, 5.74) is -0.0584. The molecule has 0 aliphatic carbocycles. The zero-order chi connectivity index (χ0) is 9.56. The Bertz CT molecular complexity index is 372. The molecule has 0 atom stereocenters. The molecule has 0 fully saturated rings. The van der Waals surface area contributed by atoms with Crippen molar-refractivity contribution in [2.45, 2.75) is 6.92 Å². The summed E-state index contributed by atoms with van der Waals surface area (Å²) in [6, 6.07) is 4.91. The molecule has 0 heterocycles. The minimum atomic E-state index is -0.161. The van der Waals surface area contributed by atoms with Gasteiger partial charge in [-0.05, 0) is 12.8 Å². The van der Waals surface area contributed by atoms with Crippen LogP contribution in [-0.2, 0) is 0 Å². The zero-order valence-electron chi connectivity index (χ0n) is 6.34. The van der Waals surface area contributed by atoms with E-state index in [1.807, 2.05) is 5.87 Å². The van der Waals surface area contributed by atoms with Crippen LogP contribution >= 0.6 is 0 Å². The predicted molar refractivity (Wildman–Crippen MR) is 40.8 cm³/mol. The van der Waals surface area contributed by atoms with Gasteiger partial charge in [-0.2, -0.15) is 15.8 Å². The maximum Gasteiger partial charge on any atom is 0.134 e. The van der Waals surface area contributed by atoms with Crippen molar-refractivity contribution in [2.24, 2.45) is 0 Å². The van der Waals surface area contributed by atoms with Gasteiger partial charge >= 0.3 is 0 Å². The Labute approximate surface area is 69.8 Å². The minimum absolute atomic E-state index is 0.0897. The van der Waals surface area contributed by atoms with E-state index in [-0.39, 0.29) is 16.7 Å². The second-order valence-electron chi connectivity index (χ2n) is 1.84. The van der Waals surface area contributed by atoms with Crippen LogP contribution in [0.3, 0.4) is 0 Å². The average molecular weight is 156 g/mol. The van der Waals surface area contributed by atoms with Crippen molar-refractivity contribution < 1.29 is 0 Å². The summed E-state index contributed by atoms with van der Waals surface area (Å²) in [4.78, 5) is 0. The molecule has 0 saturated carbocycles. The number of allylic oxidation sites excluding steroid dienone is 3. The van der Waals surface area contributed by atoms with E-state index in [2.05, 4.69) is 0 Å². The molecule has 0 bridgehead atoms. The first kappa shape index (κ1) is 9.66. The van der Waals surface area contributed by atoms with Crippen molar-refractivity contribution in [2.75, 3.05) is 0 Å². The summed E-state index contributed by atoms with van der Waals surface area (Å²) >= 11 is 0. The number of hydrogen-bond donors (Lipinski definition) is 1. The lowest BCUT2D eigenvalue weighted by Crippen LogP contribution is -1.87. The Balaban J connectivity index is 5.40. The standard InChI is InChI=1S/C8H4N4/c1-6(7(2-9)3-10)8(4-11)5-12/h9H,1H3. The molecule has 0 amide bonds. The molecule has 0 saturated heterocycles. The summed E-state index contributed by atoms with van der Waals surface area (Å²) in [5, 5.41) is 31.9. The summed E-state index contributed by atoms with van der Waals surface area (Å²) in [6.07, 6.45) is 0. The largest absolute Gasteiger partial charge is 0.258 e. The molecule has 0 aromatic heterocycles. The van der Waals surface area contributed by atoms with Gasteiger partial charge < -0.3 is 0 Å². The number of nitriles is 3. The predicted octanol–water partition coefficient (Wildman–Crippen LogP) is 1.05. The first-order valence-corrected chi connectivity index (χ1v) is 2.92. The van der Waals surface area contributed by atoms with Crippen LogP contribution in [0.25, 0.3) is 0 Å². The molecule has 1 N–H and O–H groups in total. The second kappa shape index (κ2) is 4.47. The topological polar surface area (TPSA) is 95.2 Å². The molecule has 0 aromatic rings. The van der Waals surface area contributed by atoms with Crippen LogP contribution in [0.5, 0.6) is 0 Å². The maximum atomic E-state index is 8.41. The highest BCUT2D eigenvalue weighted by Gasteiger charge is 2.05. The molecule has 0 radical (unpaired) electrons. The lowest BCUT2D eigenvalue weighted by Gasteiger charge is -1.91. The molecule has 56 valence electrons. The summed E-state index contributed by atoms with van der Waals surface area (Å²) in [6.45, 7) is 1.43. The summed E-state index contributed by atoms with van der Waals surface area (Å²) < 4.78 is 0. The first-order chi connectivity index (χ1) is 5.71. The van der Waals surface area contributed by atoms with Crippen molar-refractivity contribution in [1.82, 2.24) is 0 Å². The minimum Gasteiger partial charge on any atom is -0.258 e. The van der Waals surface area contributed by atoms with E-state index in [9.17, 15) is 0 Å². The van der Waals surface area contributed by atoms with E-state index in [1.54, 1.807) is 18.2 Å². The molecule has 0 spiro atoms. The van der Waals surface area contributed by atoms with Gasteiger partial charge in [0.05, 0.1) is 0 Å². The van der Waals surface area contributed by atoms with Crippen LogP contribution in [0.4, 0.5) is 0 Å². The highest BCUT2D eigenvalue weighted by Crippen LogP contribution is 2.09. The van der Waals surface area contributed by atoms with Gasteiger partial charge in [0.1, 0.15) is 29.4 Å². The average Bonchev–Trinajstić information content (AvgIpc) is 2.09. The fourth-order valence-corrected chi connectivity index (χ4v) is 0.523. The van der Waals surface area contributed by atoms with Gasteiger partial charge in [0.15, 0.2) is 0 Å². The second-order valence-corrected chi connectivity index (χ2v) is 1.84. The van der Waals surface area contributed by atoms with Gasteiger partial charge in [0.2, 0.25) is 0 Å². The van der Waals surface area contributed by atoms with Crippen molar-refractivity contribution in [3.63, 3.8) is 0 Å². The SMILES string of the molecule is CC(C(=C=N)C#N)=C(C#N)C#N. The van der Waals surface area contributed by atoms with E-state index in [1.165, 1.54) is 6.92 Å². The number of nitrogens with zero attached hydrogens (tertiary/aromatic N) is 3. The lowest BCUT2D eigenvalue weighted by molar-refractivity contribution is 1.36. The summed E-state index contributed by atoms with van der Waals surface area (Å²) in [7, 11) is 0. The highest BCUT2D eigenvalue weighted by atomic mass is 14.3. The van der Waals surface area contributed by atoms with Gasteiger partial charge in [-0.15, -0.1) is 0 Å². The van der Waals surface area contributed by atoms with Crippen molar-refractivity contribution in [1.29, 1.82) is 21.2 Å². The Morgan fingerprint density at radius 2 is 1.58 bits per heavy atom. The van der Waals surface area contributed by atoms with Crippen LogP contribution in [0.1, 0.15) is 6.92 Å². The molecule has 0 unspecified atom stereocenters. The third-order valence-corrected chi connectivity index (χ3v) is 1.21. The van der Waals surface area contributed by atoms with Gasteiger partial charge in [-0.3, -0.25) is 5.41 Å². The molecule has 0 aliphatic heterocycles. The van der Waals surface area contributed by atoms with Gasteiger partial charge in [0, 0.05) is 5.57 Å². The molecule has 12 heavy (non-hydrogen) atoms. The maximum absolute atomic E-state index is 8.41. The van der Waals surface area contributed by atoms with Crippen LogP contribution < -0.4 is 0 Å². The van der Waals surface area contributed by atoms with Gasteiger partial charge in [-0.25, -0.2) is 0 Å². The normalized spacial score (nSPS) is 6.50. The van der Waals surface area contributed by atoms with E-state index in [4.69, 9.17) is 21.2 Å². The summed E-state index contributed by atoms with van der Waals surface area (Å²) in [5.74, 6) is 1.85. The monoisotopic (exact) mass is 156 g/mol. The molecule has 4 nitrogen and oxygen atoms in total. The quantitative estimate of drug-likeness (QED) is 0.349. The molecule has 0 aromatic carbocycles. The van der Waals surface area contributed by atoms with E-state index in [0.29, 0.717) is 0 Å². The van der Waals surface area contributed by atoms with Crippen LogP contribution in [0.15, 0.2) is 16.7 Å². The van der Waals surface area contributed by atoms with Crippen LogP contribution in [0, 0.1) is 39.4 Å². The number of hydrogen-bond acceptors (Lipinski definition) is 4. The van der Waals surface area contributed by atoms with Crippen LogP contribution in [-0.4, -0.2) is 5.87 Å². The van der Waals surface area contributed by atoms with E-state index < -0.39 is 0 Å². The zero-order valence-corrected chi connectivity index (χ0v) is 6.34. The fraction of sp³-hybridized carbons (Fsp3) is 0.125. The van der Waals surface area contributed by atoms with Crippen molar-refractivity contribution in [3.05, 3.63) is 16.7 Å². The van der Waals surface area contributed by atoms with Crippen LogP contribution in [0.2, 0.25) is 0 Å². The van der Waals surface area contributed by atoms with E-state index in [0.717, 1.165) is 0 Å². The molecule has 0 aliphatic rings. The first-order valence-electron chi connectivity index (χ1n) is 2.92. The van der Waals surface area contributed by atoms with Crippen molar-refractivity contribution >= 4 is 5.87 Å². The van der Waals surface area contributed by atoms with Crippen molar-refractivity contribution in [3.8, 4) is 18.2 Å².